The van der Waals surface area contributed by atoms with E-state index in [1.807, 2.05) is 12.1 Å². The van der Waals surface area contributed by atoms with Gasteiger partial charge in [-0.2, -0.15) is 0 Å². The first kappa shape index (κ1) is 17.1. The summed E-state index contributed by atoms with van der Waals surface area (Å²) >= 11 is 0. The van der Waals surface area contributed by atoms with Gasteiger partial charge >= 0.3 is 5.97 Å². The summed E-state index contributed by atoms with van der Waals surface area (Å²) in [5, 5.41) is 12.4. The average Bonchev–Trinajstić information content (AvgIpc) is 2.65. The zero-order valence-corrected chi connectivity index (χ0v) is 14.2. The fourth-order valence-corrected chi connectivity index (χ4v) is 2.99. The zero-order chi connectivity index (χ0) is 17.8. The first-order valence-corrected chi connectivity index (χ1v) is 8.06. The van der Waals surface area contributed by atoms with Gasteiger partial charge in [0.2, 0.25) is 0 Å². The zero-order valence-electron chi connectivity index (χ0n) is 14.2. The van der Waals surface area contributed by atoms with E-state index < -0.39 is 5.97 Å². The molecule has 0 spiro atoms. The molecule has 0 saturated heterocycles. The standard InChI is InChI=1S/C19H21NO5/c1-23-17-9-13-7-8-20-16(15(13)10-18(17)24-2)11-25-14-5-3-12(4-6-14)19(21)22/h3-6,9-10,16,20H,7-8,11H2,1-2H3,(H,21,22)/t16-/m1/s1. The summed E-state index contributed by atoms with van der Waals surface area (Å²) in [4.78, 5) is 10.9. The molecule has 1 heterocycles. The number of rotatable bonds is 6. The second kappa shape index (κ2) is 7.44. The monoisotopic (exact) mass is 343 g/mol. The van der Waals surface area contributed by atoms with Crippen LogP contribution >= 0.6 is 0 Å². The number of methoxy groups -OCH3 is 2. The number of aromatic carboxylic acids is 1. The lowest BCUT2D eigenvalue weighted by Gasteiger charge is -2.28. The number of nitrogens with one attached hydrogen (secondary N) is 1. The molecule has 132 valence electrons. The highest BCUT2D eigenvalue weighted by molar-refractivity contribution is 5.87. The number of carbonyl (C=O) groups is 1. The Bertz CT molecular complexity index is 757. The molecule has 6 nitrogen and oxygen atoms in total. The van der Waals surface area contributed by atoms with E-state index >= 15 is 0 Å². The van der Waals surface area contributed by atoms with Gasteiger partial charge in [-0.05, 0) is 60.5 Å². The van der Waals surface area contributed by atoms with Crippen molar-refractivity contribution in [2.75, 3.05) is 27.4 Å². The highest BCUT2D eigenvalue weighted by Gasteiger charge is 2.23. The summed E-state index contributed by atoms with van der Waals surface area (Å²) in [5.41, 5.74) is 2.59. The molecular weight excluding hydrogens is 322 g/mol. The van der Waals surface area contributed by atoms with Crippen LogP contribution in [0.4, 0.5) is 0 Å². The van der Waals surface area contributed by atoms with Gasteiger partial charge in [-0.1, -0.05) is 0 Å². The smallest absolute Gasteiger partial charge is 0.335 e. The first-order valence-electron chi connectivity index (χ1n) is 8.06. The molecule has 1 atom stereocenters. The van der Waals surface area contributed by atoms with E-state index in [2.05, 4.69) is 5.32 Å². The predicted molar refractivity (Wildman–Crippen MR) is 92.9 cm³/mol. The Labute approximate surface area is 146 Å². The average molecular weight is 343 g/mol. The molecule has 2 N–H and O–H groups in total. The van der Waals surface area contributed by atoms with Gasteiger partial charge in [0.1, 0.15) is 12.4 Å². The summed E-state index contributed by atoms with van der Waals surface area (Å²) in [6.07, 6.45) is 0.916. The maximum Gasteiger partial charge on any atom is 0.335 e. The van der Waals surface area contributed by atoms with Gasteiger partial charge in [0, 0.05) is 0 Å². The van der Waals surface area contributed by atoms with Gasteiger partial charge in [-0.3, -0.25) is 0 Å². The molecular formula is C19H21NO5. The van der Waals surface area contributed by atoms with Crippen LogP contribution < -0.4 is 19.5 Å². The van der Waals surface area contributed by atoms with Crippen LogP contribution in [-0.2, 0) is 6.42 Å². The minimum absolute atomic E-state index is 0.0303. The second-order valence-electron chi connectivity index (χ2n) is 5.80. The topological polar surface area (TPSA) is 77.0 Å². The van der Waals surface area contributed by atoms with Gasteiger partial charge in [0.05, 0.1) is 25.8 Å². The molecule has 6 heteroatoms. The Morgan fingerprint density at radius 1 is 1.16 bits per heavy atom. The minimum atomic E-state index is -0.949. The lowest BCUT2D eigenvalue weighted by Crippen LogP contribution is -2.33. The maximum atomic E-state index is 10.9. The number of hydrogen-bond donors (Lipinski definition) is 2. The van der Waals surface area contributed by atoms with Crippen LogP contribution in [0.3, 0.4) is 0 Å². The lowest BCUT2D eigenvalue weighted by molar-refractivity contribution is 0.0697. The molecule has 0 unspecified atom stereocenters. The summed E-state index contributed by atoms with van der Waals surface area (Å²) < 4.78 is 16.6. The van der Waals surface area contributed by atoms with Crippen LogP contribution in [0.1, 0.15) is 27.5 Å². The predicted octanol–water partition coefficient (Wildman–Crippen LogP) is 2.67. The van der Waals surface area contributed by atoms with Gasteiger partial charge in [-0.25, -0.2) is 4.79 Å². The Balaban J connectivity index is 1.75. The highest BCUT2D eigenvalue weighted by Crippen LogP contribution is 2.35. The Morgan fingerprint density at radius 3 is 2.48 bits per heavy atom. The van der Waals surface area contributed by atoms with Crippen LogP contribution in [0.5, 0.6) is 17.2 Å². The van der Waals surface area contributed by atoms with E-state index in [0.29, 0.717) is 18.1 Å². The Morgan fingerprint density at radius 2 is 1.84 bits per heavy atom. The van der Waals surface area contributed by atoms with E-state index in [4.69, 9.17) is 19.3 Å². The Kier molecular flexibility index (Phi) is 5.09. The number of fused-ring (bicyclic) bond motifs is 1. The molecule has 0 amide bonds. The molecule has 2 aromatic rings. The van der Waals surface area contributed by atoms with Crippen molar-refractivity contribution in [2.24, 2.45) is 0 Å². The molecule has 0 fully saturated rings. The molecule has 0 aromatic heterocycles. The largest absolute Gasteiger partial charge is 0.493 e. The molecule has 3 rings (SSSR count). The van der Waals surface area contributed by atoms with Crippen molar-refractivity contribution < 1.29 is 24.1 Å². The normalized spacial score (nSPS) is 16.0. The van der Waals surface area contributed by atoms with Crippen LogP contribution in [0.2, 0.25) is 0 Å². The second-order valence-corrected chi connectivity index (χ2v) is 5.80. The van der Waals surface area contributed by atoms with Crippen molar-refractivity contribution in [2.45, 2.75) is 12.5 Å². The molecule has 25 heavy (non-hydrogen) atoms. The van der Waals surface area contributed by atoms with Crippen LogP contribution in [0.25, 0.3) is 0 Å². The van der Waals surface area contributed by atoms with Crippen molar-refractivity contribution in [3.63, 3.8) is 0 Å². The molecule has 1 aliphatic rings. The third-order valence-electron chi connectivity index (χ3n) is 4.32. The van der Waals surface area contributed by atoms with Gasteiger partial charge in [0.25, 0.3) is 0 Å². The number of hydrogen-bond acceptors (Lipinski definition) is 5. The van der Waals surface area contributed by atoms with Crippen LogP contribution in [-0.4, -0.2) is 38.4 Å². The number of benzene rings is 2. The molecule has 0 bridgehead atoms. The van der Waals surface area contributed by atoms with Crippen LogP contribution in [0, 0.1) is 0 Å². The van der Waals surface area contributed by atoms with E-state index in [1.54, 1.807) is 26.4 Å². The van der Waals surface area contributed by atoms with E-state index in [9.17, 15) is 4.79 Å². The minimum Gasteiger partial charge on any atom is -0.493 e. The molecule has 0 saturated carbocycles. The third kappa shape index (κ3) is 3.69. The lowest BCUT2D eigenvalue weighted by atomic mass is 9.94. The number of ether oxygens (including phenoxy) is 3. The van der Waals surface area contributed by atoms with E-state index in [0.717, 1.165) is 24.3 Å². The Hall–Kier alpha value is -2.73. The quantitative estimate of drug-likeness (QED) is 0.840. The summed E-state index contributed by atoms with van der Waals surface area (Å²) in [6.45, 7) is 1.30. The van der Waals surface area contributed by atoms with Crippen molar-refractivity contribution >= 4 is 5.97 Å². The van der Waals surface area contributed by atoms with Crippen LogP contribution in [0.15, 0.2) is 36.4 Å². The van der Waals surface area contributed by atoms with Crippen molar-refractivity contribution in [3.8, 4) is 17.2 Å². The van der Waals surface area contributed by atoms with Gasteiger partial charge in [0.15, 0.2) is 11.5 Å². The number of carboxylic acid groups (broad SMARTS) is 1. The molecule has 0 aliphatic carbocycles. The SMILES string of the molecule is COc1cc2c(cc1OC)[C@@H](COc1ccc(C(=O)O)cc1)NCC2. The maximum absolute atomic E-state index is 10.9. The molecule has 1 aliphatic heterocycles. The third-order valence-corrected chi connectivity index (χ3v) is 4.32. The van der Waals surface area contributed by atoms with Crippen molar-refractivity contribution in [1.82, 2.24) is 5.32 Å². The van der Waals surface area contributed by atoms with E-state index in [-0.39, 0.29) is 11.6 Å². The summed E-state index contributed by atoms with van der Waals surface area (Å²) in [6, 6.07) is 10.4. The molecule has 0 radical (unpaired) electrons. The highest BCUT2D eigenvalue weighted by atomic mass is 16.5. The van der Waals surface area contributed by atoms with Crippen molar-refractivity contribution in [3.05, 3.63) is 53.1 Å². The number of carboxylic acids is 1. The fourth-order valence-electron chi connectivity index (χ4n) is 2.99. The first-order chi connectivity index (χ1) is 12.1. The summed E-state index contributed by atoms with van der Waals surface area (Å²) in [7, 11) is 3.25. The van der Waals surface area contributed by atoms with Crippen molar-refractivity contribution in [1.29, 1.82) is 0 Å². The van der Waals surface area contributed by atoms with E-state index in [1.165, 1.54) is 17.7 Å². The van der Waals surface area contributed by atoms with Gasteiger partial charge in [-0.15, -0.1) is 0 Å². The molecule has 2 aromatic carbocycles. The fraction of sp³-hybridized carbons (Fsp3) is 0.316. The van der Waals surface area contributed by atoms with Gasteiger partial charge < -0.3 is 24.6 Å². The summed E-state index contributed by atoms with van der Waals surface area (Å²) in [5.74, 6) is 1.11.